The number of rotatable bonds is 57. The molecule has 0 fully saturated rings. The molecule has 0 aliphatic rings. The van der Waals surface area contributed by atoms with E-state index >= 15 is 0 Å². The maximum atomic E-state index is 12.8. The molecule has 0 heterocycles. The second kappa shape index (κ2) is 64.3. The van der Waals surface area contributed by atoms with Crippen LogP contribution in [-0.2, 0) is 28.6 Å². The van der Waals surface area contributed by atoms with Gasteiger partial charge in [-0.15, -0.1) is 0 Å². The second-order valence-corrected chi connectivity index (χ2v) is 20.9. The van der Waals surface area contributed by atoms with Gasteiger partial charge < -0.3 is 14.2 Å². The molecule has 0 aromatic heterocycles. The molecule has 0 radical (unpaired) electrons. The Labute approximate surface area is 475 Å². The highest BCUT2D eigenvalue weighted by Gasteiger charge is 2.19. The summed E-state index contributed by atoms with van der Waals surface area (Å²) in [5.41, 5.74) is 0. The Morgan fingerprint density at radius 2 is 0.506 bits per heavy atom. The monoisotopic (exact) mass is 1070 g/mol. The third kappa shape index (κ3) is 62.5. The summed E-state index contributed by atoms with van der Waals surface area (Å²) in [7, 11) is 0. The summed E-state index contributed by atoms with van der Waals surface area (Å²) < 4.78 is 16.8. The number of hydrogen-bond acceptors (Lipinski definition) is 6. The predicted molar refractivity (Wildman–Crippen MR) is 334 cm³/mol. The zero-order chi connectivity index (χ0) is 55.7. The van der Waals surface area contributed by atoms with E-state index in [1.54, 1.807) is 0 Å². The van der Waals surface area contributed by atoms with Gasteiger partial charge in [-0.3, -0.25) is 14.4 Å². The Morgan fingerprint density at radius 3 is 0.818 bits per heavy atom. The summed E-state index contributed by atoms with van der Waals surface area (Å²) in [5.74, 6) is -0.903. The molecule has 0 bridgehead atoms. The van der Waals surface area contributed by atoms with Crippen molar-refractivity contribution < 1.29 is 28.6 Å². The first-order valence-electron chi connectivity index (χ1n) is 32.0. The SMILES string of the molecule is CC/C=C\C/C=C\C/C=C\C/C=C\C/C=C\C/C=C\C/C=C\CCCCCCCCCCCCCC(=O)OCC(COC(=O)CCCCCCCCC)OC(=O)CCCCCCCC/C=C\C/C=C\C/C=C\CCCCC. The van der Waals surface area contributed by atoms with E-state index in [0.717, 1.165) is 128 Å². The van der Waals surface area contributed by atoms with E-state index in [-0.39, 0.29) is 31.1 Å². The van der Waals surface area contributed by atoms with Gasteiger partial charge in [0.1, 0.15) is 13.2 Å². The molecule has 0 amide bonds. The third-order valence-corrected chi connectivity index (χ3v) is 13.5. The molecule has 0 rings (SSSR count). The fourth-order valence-electron chi connectivity index (χ4n) is 8.67. The van der Waals surface area contributed by atoms with Crippen LogP contribution in [0.3, 0.4) is 0 Å². The van der Waals surface area contributed by atoms with E-state index in [1.807, 2.05) is 0 Å². The molecule has 0 aromatic carbocycles. The van der Waals surface area contributed by atoms with Gasteiger partial charge in [-0.2, -0.15) is 0 Å². The van der Waals surface area contributed by atoms with E-state index in [9.17, 15) is 14.4 Å². The molecular weight excluding hydrogens is 949 g/mol. The van der Waals surface area contributed by atoms with Crippen molar-refractivity contribution in [3.05, 3.63) is 122 Å². The average Bonchev–Trinajstić information content (AvgIpc) is 3.43. The molecule has 0 aromatic rings. The van der Waals surface area contributed by atoms with Crippen molar-refractivity contribution in [2.24, 2.45) is 0 Å². The van der Waals surface area contributed by atoms with Crippen molar-refractivity contribution in [3.63, 3.8) is 0 Å². The largest absolute Gasteiger partial charge is 0.462 e. The van der Waals surface area contributed by atoms with Crippen molar-refractivity contribution in [1.82, 2.24) is 0 Å². The van der Waals surface area contributed by atoms with Crippen LogP contribution in [-0.4, -0.2) is 37.2 Å². The first-order chi connectivity index (χ1) is 38.0. The van der Waals surface area contributed by atoms with E-state index < -0.39 is 6.10 Å². The molecule has 77 heavy (non-hydrogen) atoms. The summed E-state index contributed by atoms with van der Waals surface area (Å²) in [4.78, 5) is 38.1. The van der Waals surface area contributed by atoms with Gasteiger partial charge in [0.15, 0.2) is 6.10 Å². The minimum absolute atomic E-state index is 0.0840. The van der Waals surface area contributed by atoms with Crippen molar-refractivity contribution >= 4 is 17.9 Å². The Kier molecular flexibility index (Phi) is 60.8. The van der Waals surface area contributed by atoms with Crippen LogP contribution in [0.15, 0.2) is 122 Å². The summed E-state index contributed by atoms with van der Waals surface area (Å²) in [6.07, 6.45) is 89.4. The molecule has 1 unspecified atom stereocenters. The highest BCUT2D eigenvalue weighted by atomic mass is 16.6. The van der Waals surface area contributed by atoms with Crippen LogP contribution < -0.4 is 0 Å². The van der Waals surface area contributed by atoms with Crippen molar-refractivity contribution in [2.75, 3.05) is 13.2 Å². The zero-order valence-electron chi connectivity index (χ0n) is 50.2. The molecule has 0 saturated carbocycles. The molecular formula is C71H118O6. The smallest absolute Gasteiger partial charge is 0.306 e. The van der Waals surface area contributed by atoms with E-state index in [4.69, 9.17) is 14.2 Å². The highest BCUT2D eigenvalue weighted by molar-refractivity contribution is 5.71. The van der Waals surface area contributed by atoms with Crippen LogP contribution in [0.5, 0.6) is 0 Å². The van der Waals surface area contributed by atoms with Gasteiger partial charge >= 0.3 is 17.9 Å². The standard InChI is InChI=1S/C71H118O6/c1-4-7-10-13-16-18-20-22-24-26-28-29-30-31-32-33-34-35-36-37-38-39-40-41-43-44-46-48-50-52-55-58-61-64-70(73)76-67-68(66-75-69(72)63-60-57-54-15-12-9-6-3)77-71(74)65-62-59-56-53-51-49-47-45-42-27-25-23-21-19-17-14-11-8-5-2/h7,10,16-19,22-25,28-29,31-32,34-35,37-38,42,45,68H,4-6,8-9,11-15,20-21,26-27,30,33,36,39-41,43-44,46-67H2,1-3H3/b10-7-,18-16-,19-17-,24-22-,25-23-,29-28-,32-31-,35-34-,38-37-,45-42-. The van der Waals surface area contributed by atoms with Gasteiger partial charge in [-0.25, -0.2) is 0 Å². The number of unbranched alkanes of at least 4 members (excludes halogenated alkanes) is 26. The number of carbonyl (C=O) groups is 3. The van der Waals surface area contributed by atoms with Crippen molar-refractivity contribution in [1.29, 1.82) is 0 Å². The predicted octanol–water partition coefficient (Wildman–Crippen LogP) is 22.0. The number of hydrogen-bond donors (Lipinski definition) is 0. The van der Waals surface area contributed by atoms with E-state index in [1.165, 1.54) is 122 Å². The minimum Gasteiger partial charge on any atom is -0.462 e. The maximum absolute atomic E-state index is 12.8. The number of carbonyl (C=O) groups excluding carboxylic acids is 3. The molecule has 0 saturated heterocycles. The second-order valence-electron chi connectivity index (χ2n) is 20.9. The normalized spacial score (nSPS) is 12.9. The van der Waals surface area contributed by atoms with Crippen LogP contribution in [0.4, 0.5) is 0 Å². The Morgan fingerprint density at radius 1 is 0.273 bits per heavy atom. The van der Waals surface area contributed by atoms with E-state index in [2.05, 4.69) is 142 Å². The lowest BCUT2D eigenvalue weighted by molar-refractivity contribution is -0.167. The average molecular weight is 1070 g/mol. The van der Waals surface area contributed by atoms with Gasteiger partial charge in [-0.1, -0.05) is 277 Å². The molecule has 438 valence electrons. The number of esters is 3. The minimum atomic E-state index is -0.786. The first kappa shape index (κ1) is 72.8. The lowest BCUT2D eigenvalue weighted by atomic mass is 10.0. The fraction of sp³-hybridized carbons (Fsp3) is 0.676. The molecule has 0 N–H and O–H groups in total. The quantitative estimate of drug-likeness (QED) is 0.0261. The first-order valence-corrected chi connectivity index (χ1v) is 32.0. The van der Waals surface area contributed by atoms with Crippen LogP contribution in [0.2, 0.25) is 0 Å². The van der Waals surface area contributed by atoms with Crippen LogP contribution in [0.25, 0.3) is 0 Å². The number of ether oxygens (including phenoxy) is 3. The van der Waals surface area contributed by atoms with Gasteiger partial charge in [-0.05, 0) is 116 Å². The Bertz CT molecular complexity index is 1600. The summed E-state index contributed by atoms with van der Waals surface area (Å²) >= 11 is 0. The third-order valence-electron chi connectivity index (χ3n) is 13.5. The molecule has 6 heteroatoms. The Balaban J connectivity index is 4.13. The van der Waals surface area contributed by atoms with Gasteiger partial charge in [0.05, 0.1) is 0 Å². The van der Waals surface area contributed by atoms with Gasteiger partial charge in [0, 0.05) is 19.3 Å². The topological polar surface area (TPSA) is 78.9 Å². The summed E-state index contributed by atoms with van der Waals surface area (Å²) in [5, 5.41) is 0. The molecule has 6 nitrogen and oxygen atoms in total. The fourth-order valence-corrected chi connectivity index (χ4v) is 8.67. The molecule has 0 aliphatic heterocycles. The van der Waals surface area contributed by atoms with E-state index in [0.29, 0.717) is 19.3 Å². The lowest BCUT2D eigenvalue weighted by Crippen LogP contribution is -2.30. The summed E-state index contributed by atoms with van der Waals surface area (Å²) in [6.45, 7) is 6.45. The summed E-state index contributed by atoms with van der Waals surface area (Å²) in [6, 6.07) is 0. The molecule has 0 spiro atoms. The van der Waals surface area contributed by atoms with Crippen molar-refractivity contribution in [3.8, 4) is 0 Å². The van der Waals surface area contributed by atoms with Gasteiger partial charge in [0.2, 0.25) is 0 Å². The van der Waals surface area contributed by atoms with Gasteiger partial charge in [0.25, 0.3) is 0 Å². The van der Waals surface area contributed by atoms with Crippen LogP contribution in [0, 0.1) is 0 Å². The molecule has 1 atom stereocenters. The van der Waals surface area contributed by atoms with Crippen molar-refractivity contribution in [2.45, 2.75) is 297 Å². The Hall–Kier alpha value is -4.19. The lowest BCUT2D eigenvalue weighted by Gasteiger charge is -2.18. The van der Waals surface area contributed by atoms with Crippen LogP contribution >= 0.6 is 0 Å². The van der Waals surface area contributed by atoms with Crippen LogP contribution in [0.1, 0.15) is 290 Å². The molecule has 0 aliphatic carbocycles. The number of allylic oxidation sites excluding steroid dienone is 20. The maximum Gasteiger partial charge on any atom is 0.306 e. The zero-order valence-corrected chi connectivity index (χ0v) is 50.2. The highest BCUT2D eigenvalue weighted by Crippen LogP contribution is 2.15.